The van der Waals surface area contributed by atoms with Gasteiger partial charge in [-0.15, -0.1) is 0 Å². The van der Waals surface area contributed by atoms with Gasteiger partial charge in [-0.2, -0.15) is 0 Å². The first-order valence-corrected chi connectivity index (χ1v) is 9.84. The molecule has 7 nitrogen and oxygen atoms in total. The van der Waals surface area contributed by atoms with E-state index in [2.05, 4.69) is 0 Å². The number of ether oxygens (including phenoxy) is 3. The normalized spacial score (nSPS) is 10.7. The maximum atomic E-state index is 12.4. The third-order valence-corrected chi connectivity index (χ3v) is 5.17. The van der Waals surface area contributed by atoms with Crippen molar-refractivity contribution >= 4 is 34.3 Å². The van der Waals surface area contributed by atoms with Crippen LogP contribution in [0.2, 0.25) is 5.02 Å². The molecule has 3 rings (SSSR count). The highest BCUT2D eigenvalue weighted by Crippen LogP contribution is 2.28. The van der Waals surface area contributed by atoms with Crippen molar-refractivity contribution in [3.05, 3.63) is 68.5 Å². The number of carbonyl (C=O) groups excluding carboxylic acids is 2. The topological polar surface area (TPSA) is 92.0 Å². The molecule has 0 atom stereocenters. The Morgan fingerprint density at radius 2 is 1.74 bits per heavy atom. The molecule has 0 bridgehead atoms. The highest BCUT2D eigenvalue weighted by molar-refractivity contribution is 6.32. The van der Waals surface area contributed by atoms with Gasteiger partial charge in [0, 0.05) is 34.0 Å². The van der Waals surface area contributed by atoms with E-state index in [-0.39, 0.29) is 25.2 Å². The standard InChI is InChI=1S/C23H21ClO7/c1-13-8-20-16(11-17(13)24)15(10-23(27)31-20)12-30-22(26)7-5-18(25)14-4-6-19(28-2)21(9-14)29-3/h4,6,8-11H,5,7,12H2,1-3H3. The summed E-state index contributed by atoms with van der Waals surface area (Å²) in [6.45, 7) is 1.66. The number of benzene rings is 2. The first-order chi connectivity index (χ1) is 14.8. The Balaban J connectivity index is 1.64. The monoisotopic (exact) mass is 444 g/mol. The number of Topliss-reactive ketones (excluding diaryl/α,β-unsaturated/α-hetero) is 1. The lowest BCUT2D eigenvalue weighted by atomic mass is 10.1. The van der Waals surface area contributed by atoms with Crippen molar-refractivity contribution in [3.63, 3.8) is 0 Å². The van der Waals surface area contributed by atoms with E-state index in [0.29, 0.717) is 38.6 Å². The highest BCUT2D eigenvalue weighted by atomic mass is 35.5. The summed E-state index contributed by atoms with van der Waals surface area (Å²) >= 11 is 6.16. The Labute approximate surface area is 183 Å². The third kappa shape index (κ3) is 5.24. The number of aryl methyl sites for hydroxylation is 1. The van der Waals surface area contributed by atoms with Crippen molar-refractivity contribution in [3.8, 4) is 11.5 Å². The van der Waals surface area contributed by atoms with Crippen molar-refractivity contribution in [2.24, 2.45) is 0 Å². The summed E-state index contributed by atoms with van der Waals surface area (Å²) in [5.74, 6) is 0.146. The molecule has 0 amide bonds. The van der Waals surface area contributed by atoms with Gasteiger partial charge in [0.1, 0.15) is 12.2 Å². The van der Waals surface area contributed by atoms with Gasteiger partial charge in [-0.1, -0.05) is 11.6 Å². The van der Waals surface area contributed by atoms with Gasteiger partial charge in [-0.05, 0) is 42.8 Å². The second kappa shape index (κ2) is 9.66. The molecule has 0 aliphatic carbocycles. The largest absolute Gasteiger partial charge is 0.493 e. The van der Waals surface area contributed by atoms with Crippen LogP contribution < -0.4 is 15.1 Å². The van der Waals surface area contributed by atoms with Gasteiger partial charge in [0.15, 0.2) is 17.3 Å². The summed E-state index contributed by atoms with van der Waals surface area (Å²) in [4.78, 5) is 36.4. The van der Waals surface area contributed by atoms with Crippen LogP contribution in [0.5, 0.6) is 11.5 Å². The average Bonchev–Trinajstić information content (AvgIpc) is 2.76. The molecule has 0 unspecified atom stereocenters. The molecule has 162 valence electrons. The zero-order valence-corrected chi connectivity index (χ0v) is 18.1. The lowest BCUT2D eigenvalue weighted by Crippen LogP contribution is -2.10. The van der Waals surface area contributed by atoms with Gasteiger partial charge in [-0.25, -0.2) is 4.79 Å². The van der Waals surface area contributed by atoms with Crippen molar-refractivity contribution < 1.29 is 28.2 Å². The molecule has 1 heterocycles. The minimum Gasteiger partial charge on any atom is -0.493 e. The van der Waals surface area contributed by atoms with E-state index in [0.717, 1.165) is 5.56 Å². The molecule has 8 heteroatoms. The summed E-state index contributed by atoms with van der Waals surface area (Å²) < 4.78 is 20.8. The molecular formula is C23H21ClO7. The number of methoxy groups -OCH3 is 2. The number of esters is 1. The van der Waals surface area contributed by atoms with Crippen LogP contribution in [-0.4, -0.2) is 26.0 Å². The van der Waals surface area contributed by atoms with Crippen LogP contribution in [0.15, 0.2) is 45.6 Å². The van der Waals surface area contributed by atoms with Crippen molar-refractivity contribution in [2.45, 2.75) is 26.4 Å². The van der Waals surface area contributed by atoms with Crippen LogP contribution in [0.1, 0.15) is 34.3 Å². The van der Waals surface area contributed by atoms with Gasteiger partial charge in [0.2, 0.25) is 0 Å². The molecule has 0 aliphatic rings. The minimum atomic E-state index is -0.562. The summed E-state index contributed by atoms with van der Waals surface area (Å²) in [7, 11) is 2.98. The van der Waals surface area contributed by atoms with Crippen LogP contribution in [0.4, 0.5) is 0 Å². The Kier molecular flexibility index (Phi) is 6.97. The molecule has 0 aliphatic heterocycles. The van der Waals surface area contributed by atoms with Crippen LogP contribution in [-0.2, 0) is 16.1 Å². The number of rotatable bonds is 8. The predicted molar refractivity (Wildman–Crippen MR) is 115 cm³/mol. The van der Waals surface area contributed by atoms with E-state index in [1.807, 2.05) is 0 Å². The fourth-order valence-corrected chi connectivity index (χ4v) is 3.23. The summed E-state index contributed by atoms with van der Waals surface area (Å²) in [6, 6.07) is 9.38. The van der Waals surface area contributed by atoms with Crippen LogP contribution in [0.3, 0.4) is 0 Å². The highest BCUT2D eigenvalue weighted by Gasteiger charge is 2.15. The zero-order valence-electron chi connectivity index (χ0n) is 17.3. The Morgan fingerprint density at radius 1 is 1.00 bits per heavy atom. The summed E-state index contributed by atoms with van der Waals surface area (Å²) in [6.07, 6.45) is -0.135. The molecule has 31 heavy (non-hydrogen) atoms. The molecule has 3 aromatic rings. The van der Waals surface area contributed by atoms with Gasteiger partial charge in [0.05, 0.1) is 20.6 Å². The fourth-order valence-electron chi connectivity index (χ4n) is 3.07. The molecule has 1 aromatic heterocycles. The maximum Gasteiger partial charge on any atom is 0.336 e. The lowest BCUT2D eigenvalue weighted by molar-refractivity contribution is -0.144. The zero-order chi connectivity index (χ0) is 22.5. The van der Waals surface area contributed by atoms with E-state index < -0.39 is 11.6 Å². The van der Waals surface area contributed by atoms with E-state index in [4.69, 9.17) is 30.2 Å². The maximum absolute atomic E-state index is 12.4. The number of hydrogen-bond donors (Lipinski definition) is 0. The van der Waals surface area contributed by atoms with Gasteiger partial charge < -0.3 is 18.6 Å². The minimum absolute atomic E-state index is 0.0307. The van der Waals surface area contributed by atoms with E-state index >= 15 is 0 Å². The van der Waals surface area contributed by atoms with Crippen LogP contribution >= 0.6 is 11.6 Å². The average molecular weight is 445 g/mol. The summed E-state index contributed by atoms with van der Waals surface area (Å²) in [5, 5.41) is 1.10. The number of fused-ring (bicyclic) bond motifs is 1. The molecule has 0 saturated heterocycles. The lowest BCUT2D eigenvalue weighted by Gasteiger charge is -2.10. The van der Waals surface area contributed by atoms with Crippen LogP contribution in [0.25, 0.3) is 11.0 Å². The molecular weight excluding hydrogens is 424 g/mol. The molecule has 0 spiro atoms. The van der Waals surface area contributed by atoms with E-state index in [9.17, 15) is 14.4 Å². The predicted octanol–water partition coefficient (Wildman–Crippen LogP) is 4.48. The van der Waals surface area contributed by atoms with Crippen molar-refractivity contribution in [1.29, 1.82) is 0 Å². The molecule has 2 aromatic carbocycles. The van der Waals surface area contributed by atoms with Crippen LogP contribution in [0, 0.1) is 6.92 Å². The Hall–Kier alpha value is -3.32. The second-order valence-corrected chi connectivity index (χ2v) is 7.25. The van der Waals surface area contributed by atoms with E-state index in [1.54, 1.807) is 37.3 Å². The van der Waals surface area contributed by atoms with Gasteiger partial charge in [0.25, 0.3) is 0 Å². The van der Waals surface area contributed by atoms with Crippen molar-refractivity contribution in [1.82, 2.24) is 0 Å². The SMILES string of the molecule is COc1ccc(C(=O)CCC(=O)OCc2cc(=O)oc3cc(C)c(Cl)cc23)cc1OC. The molecule has 0 saturated carbocycles. The fraction of sp³-hybridized carbons (Fsp3) is 0.261. The third-order valence-electron chi connectivity index (χ3n) is 4.76. The van der Waals surface area contributed by atoms with Gasteiger partial charge in [-0.3, -0.25) is 9.59 Å². The first-order valence-electron chi connectivity index (χ1n) is 9.46. The van der Waals surface area contributed by atoms with Gasteiger partial charge >= 0.3 is 11.6 Å². The number of hydrogen-bond acceptors (Lipinski definition) is 7. The quantitative estimate of drug-likeness (QED) is 0.287. The smallest absolute Gasteiger partial charge is 0.336 e. The van der Waals surface area contributed by atoms with Crippen molar-refractivity contribution in [2.75, 3.05) is 14.2 Å². The number of carbonyl (C=O) groups is 2. The molecule has 0 fully saturated rings. The first kappa shape index (κ1) is 22.4. The number of ketones is 1. The summed E-state index contributed by atoms with van der Waals surface area (Å²) in [5.41, 5.74) is 1.46. The Morgan fingerprint density at radius 3 is 2.45 bits per heavy atom. The van der Waals surface area contributed by atoms with E-state index in [1.165, 1.54) is 20.3 Å². The Bertz CT molecular complexity index is 1200. The molecule has 0 N–H and O–H groups in total. The molecule has 0 radical (unpaired) electrons. The second-order valence-electron chi connectivity index (χ2n) is 6.84. The number of halogens is 1.